The zero-order chi connectivity index (χ0) is 27.2. The molecule has 0 heterocycles. The van der Waals surface area contributed by atoms with E-state index in [0.29, 0.717) is 22.7 Å². The summed E-state index contributed by atoms with van der Waals surface area (Å²) in [5, 5.41) is 0. The van der Waals surface area contributed by atoms with Crippen molar-refractivity contribution in [2.45, 2.75) is 126 Å². The Morgan fingerprint density at radius 3 is 2.19 bits per heavy atom. The van der Waals surface area contributed by atoms with Gasteiger partial charge >= 0.3 is 11.9 Å². The highest BCUT2D eigenvalue weighted by molar-refractivity contribution is 5.79. The van der Waals surface area contributed by atoms with Gasteiger partial charge in [0.2, 0.25) is 0 Å². The van der Waals surface area contributed by atoms with Crippen molar-refractivity contribution < 1.29 is 19.1 Å². The standard InChI is InChI=1S/C33H52O4/c1-21(34)37-26-13-14-30(5)24-11-10-22-23-20-28(2,3)16-17-29(23,4)18-19-31(22,6)32(24,7)15-12-25(30)33(26,8)27(35)36-9/h10,23-26H,11-20H2,1-9H3. The molecule has 4 fully saturated rings. The summed E-state index contributed by atoms with van der Waals surface area (Å²) in [6.45, 7) is 18.7. The SMILES string of the molecule is COC(=O)C1(C)C(OC(C)=O)CCC2(C)C1CCC1(C)C2CC=C2C3CC(C)(C)CCC3(C)CCC21C. The molecule has 37 heavy (non-hydrogen) atoms. The number of esters is 2. The molecule has 0 N–H and O–H groups in total. The van der Waals surface area contributed by atoms with Crippen LogP contribution in [0.4, 0.5) is 0 Å². The Hall–Kier alpha value is -1.32. The fourth-order valence-electron chi connectivity index (χ4n) is 11.1. The Balaban J connectivity index is 1.56. The van der Waals surface area contributed by atoms with E-state index < -0.39 is 11.5 Å². The summed E-state index contributed by atoms with van der Waals surface area (Å²) in [6, 6.07) is 0. The lowest BCUT2D eigenvalue weighted by Crippen LogP contribution is -2.66. The summed E-state index contributed by atoms with van der Waals surface area (Å²) < 4.78 is 11.2. The van der Waals surface area contributed by atoms with Crippen LogP contribution >= 0.6 is 0 Å². The minimum Gasteiger partial charge on any atom is -0.468 e. The summed E-state index contributed by atoms with van der Waals surface area (Å²) in [5.41, 5.74) is 2.24. The quantitative estimate of drug-likeness (QED) is 0.279. The molecule has 4 nitrogen and oxygen atoms in total. The first-order chi connectivity index (χ1) is 17.1. The first-order valence-electron chi connectivity index (χ1n) is 15.0. The van der Waals surface area contributed by atoms with Crippen LogP contribution in [0.15, 0.2) is 11.6 Å². The van der Waals surface area contributed by atoms with E-state index in [0.717, 1.165) is 32.1 Å². The molecule has 0 aromatic carbocycles. The molecule has 0 saturated heterocycles. The van der Waals surface area contributed by atoms with Crippen LogP contribution in [0.5, 0.6) is 0 Å². The van der Waals surface area contributed by atoms with Gasteiger partial charge in [-0.25, -0.2) is 0 Å². The summed E-state index contributed by atoms with van der Waals surface area (Å²) in [7, 11) is 1.48. The zero-order valence-corrected chi connectivity index (χ0v) is 25.1. The van der Waals surface area contributed by atoms with Crippen molar-refractivity contribution in [3.63, 3.8) is 0 Å². The fraction of sp³-hybridized carbons (Fsp3) is 0.879. The van der Waals surface area contributed by atoms with Gasteiger partial charge in [-0.3, -0.25) is 9.59 Å². The van der Waals surface area contributed by atoms with Gasteiger partial charge in [-0.2, -0.15) is 0 Å². The maximum Gasteiger partial charge on any atom is 0.315 e. The summed E-state index contributed by atoms with van der Waals surface area (Å²) in [4.78, 5) is 25.5. The highest BCUT2D eigenvalue weighted by atomic mass is 16.6. The minimum atomic E-state index is -0.807. The Morgan fingerprint density at radius 2 is 1.54 bits per heavy atom. The summed E-state index contributed by atoms with van der Waals surface area (Å²) in [5.74, 6) is 0.830. The summed E-state index contributed by atoms with van der Waals surface area (Å²) in [6.07, 6.45) is 13.9. The highest BCUT2D eigenvalue weighted by Gasteiger charge is 2.70. The van der Waals surface area contributed by atoms with Gasteiger partial charge in [0.1, 0.15) is 11.5 Å². The smallest absolute Gasteiger partial charge is 0.315 e. The van der Waals surface area contributed by atoms with Gasteiger partial charge in [0.25, 0.3) is 0 Å². The monoisotopic (exact) mass is 512 g/mol. The molecule has 9 atom stereocenters. The first kappa shape index (κ1) is 27.3. The second kappa shape index (κ2) is 8.34. The maximum absolute atomic E-state index is 13.4. The third kappa shape index (κ3) is 3.58. The number of hydrogen-bond donors (Lipinski definition) is 0. The molecule has 9 unspecified atom stereocenters. The normalized spacial score (nSPS) is 50.4. The van der Waals surface area contributed by atoms with Crippen LogP contribution in [0, 0.1) is 50.2 Å². The van der Waals surface area contributed by atoms with E-state index in [1.165, 1.54) is 46.1 Å². The molecular weight excluding hydrogens is 460 g/mol. The predicted molar refractivity (Wildman–Crippen MR) is 147 cm³/mol. The van der Waals surface area contributed by atoms with Gasteiger partial charge < -0.3 is 9.47 Å². The van der Waals surface area contributed by atoms with Crippen LogP contribution in [0.2, 0.25) is 0 Å². The van der Waals surface area contributed by atoms with Crippen molar-refractivity contribution >= 4 is 11.9 Å². The van der Waals surface area contributed by atoms with Crippen molar-refractivity contribution in [3.8, 4) is 0 Å². The van der Waals surface area contributed by atoms with Crippen molar-refractivity contribution in [2.24, 2.45) is 50.2 Å². The second-order valence-electron chi connectivity index (χ2n) is 15.8. The van der Waals surface area contributed by atoms with E-state index in [1.807, 2.05) is 6.92 Å². The van der Waals surface area contributed by atoms with E-state index in [1.54, 1.807) is 5.57 Å². The largest absolute Gasteiger partial charge is 0.468 e. The summed E-state index contributed by atoms with van der Waals surface area (Å²) >= 11 is 0. The number of carbonyl (C=O) groups is 2. The van der Waals surface area contributed by atoms with Crippen LogP contribution in [0.25, 0.3) is 0 Å². The predicted octanol–water partition coefficient (Wildman–Crippen LogP) is 7.89. The van der Waals surface area contributed by atoms with Crippen LogP contribution in [-0.2, 0) is 19.1 Å². The Labute approximate surface area is 225 Å². The van der Waals surface area contributed by atoms with E-state index >= 15 is 0 Å². The fourth-order valence-corrected chi connectivity index (χ4v) is 11.1. The number of methoxy groups -OCH3 is 1. The molecule has 5 rings (SSSR count). The van der Waals surface area contributed by atoms with Crippen molar-refractivity contribution in [2.75, 3.05) is 7.11 Å². The maximum atomic E-state index is 13.4. The first-order valence-corrected chi connectivity index (χ1v) is 15.0. The third-order valence-corrected chi connectivity index (χ3v) is 13.6. The van der Waals surface area contributed by atoms with Crippen LogP contribution in [0.3, 0.4) is 0 Å². The number of ether oxygens (including phenoxy) is 2. The van der Waals surface area contributed by atoms with Gasteiger partial charge in [-0.1, -0.05) is 53.2 Å². The molecule has 5 aliphatic carbocycles. The Bertz CT molecular complexity index is 1010. The second-order valence-corrected chi connectivity index (χ2v) is 15.8. The lowest BCUT2D eigenvalue weighted by Gasteiger charge is -2.71. The van der Waals surface area contributed by atoms with Crippen molar-refractivity contribution in [3.05, 3.63) is 11.6 Å². The molecule has 4 heteroatoms. The molecule has 208 valence electrons. The van der Waals surface area contributed by atoms with Gasteiger partial charge in [-0.05, 0) is 116 Å². The van der Waals surface area contributed by atoms with Gasteiger partial charge in [-0.15, -0.1) is 0 Å². The molecular formula is C33H52O4. The molecule has 0 aliphatic heterocycles. The Morgan fingerprint density at radius 1 is 0.865 bits per heavy atom. The van der Waals surface area contributed by atoms with Gasteiger partial charge in [0.15, 0.2) is 0 Å². The van der Waals surface area contributed by atoms with Gasteiger partial charge in [0, 0.05) is 6.92 Å². The number of hydrogen-bond acceptors (Lipinski definition) is 4. The molecule has 0 aromatic heterocycles. The van der Waals surface area contributed by atoms with Gasteiger partial charge in [0.05, 0.1) is 7.11 Å². The number of carbonyl (C=O) groups excluding carboxylic acids is 2. The average Bonchev–Trinajstić information content (AvgIpc) is 2.81. The molecule has 0 spiro atoms. The van der Waals surface area contributed by atoms with Crippen molar-refractivity contribution in [1.82, 2.24) is 0 Å². The lowest BCUT2D eigenvalue weighted by atomic mass is 9.33. The Kier molecular flexibility index (Phi) is 6.14. The lowest BCUT2D eigenvalue weighted by molar-refractivity contribution is -0.224. The van der Waals surface area contributed by atoms with Crippen molar-refractivity contribution in [1.29, 1.82) is 0 Å². The van der Waals surface area contributed by atoms with E-state index in [-0.39, 0.29) is 34.1 Å². The molecule has 0 bridgehead atoms. The van der Waals surface area contributed by atoms with E-state index in [9.17, 15) is 9.59 Å². The van der Waals surface area contributed by atoms with Crippen LogP contribution in [-0.4, -0.2) is 25.2 Å². The molecule has 4 saturated carbocycles. The van der Waals surface area contributed by atoms with E-state index in [4.69, 9.17) is 9.47 Å². The zero-order valence-electron chi connectivity index (χ0n) is 25.1. The van der Waals surface area contributed by atoms with Crippen LogP contribution < -0.4 is 0 Å². The highest BCUT2D eigenvalue weighted by Crippen LogP contribution is 2.75. The van der Waals surface area contributed by atoms with Crippen LogP contribution in [0.1, 0.15) is 120 Å². The molecule has 0 aromatic rings. The number of allylic oxidation sites excluding steroid dienone is 2. The molecule has 0 radical (unpaired) electrons. The number of fused-ring (bicyclic) bond motifs is 7. The minimum absolute atomic E-state index is 0.00418. The van der Waals surface area contributed by atoms with E-state index in [2.05, 4.69) is 47.6 Å². The topological polar surface area (TPSA) is 52.6 Å². The third-order valence-electron chi connectivity index (χ3n) is 13.6. The number of rotatable bonds is 2. The average molecular weight is 513 g/mol. The molecule has 0 amide bonds. The molecule has 5 aliphatic rings.